The summed E-state index contributed by atoms with van der Waals surface area (Å²) < 4.78 is 19.5. The molecule has 0 aliphatic rings. The zero-order chi connectivity index (χ0) is 19.5. The Balaban J connectivity index is 1.68. The number of nitrogens with one attached hydrogen (secondary N) is 1. The first-order valence-corrected chi connectivity index (χ1v) is 8.24. The number of carbonyl (C=O) groups is 1. The van der Waals surface area contributed by atoms with Gasteiger partial charge in [-0.1, -0.05) is 18.2 Å². The van der Waals surface area contributed by atoms with Crippen LogP contribution in [0.15, 0.2) is 67.1 Å². The summed E-state index contributed by atoms with van der Waals surface area (Å²) in [7, 11) is 0. The Bertz CT molecular complexity index is 1150. The molecule has 8 heteroatoms. The number of halogens is 1. The van der Waals surface area contributed by atoms with Gasteiger partial charge in [0, 0.05) is 18.0 Å². The Hall–Kier alpha value is -4.07. The van der Waals surface area contributed by atoms with Crippen molar-refractivity contribution in [1.82, 2.24) is 20.2 Å². The Labute approximate surface area is 158 Å². The molecule has 0 unspecified atom stereocenters. The first-order valence-electron chi connectivity index (χ1n) is 8.24. The van der Waals surface area contributed by atoms with Gasteiger partial charge in [0.05, 0.1) is 11.8 Å². The van der Waals surface area contributed by atoms with Gasteiger partial charge in [0.2, 0.25) is 5.95 Å². The van der Waals surface area contributed by atoms with Crippen molar-refractivity contribution in [2.75, 3.05) is 0 Å². The lowest BCUT2D eigenvalue weighted by molar-refractivity contribution is 0.0694. The first kappa shape index (κ1) is 17.3. The number of carboxylic acids is 1. The van der Waals surface area contributed by atoms with Gasteiger partial charge in [-0.3, -0.25) is 5.10 Å². The third kappa shape index (κ3) is 3.43. The fraction of sp³-hybridized carbons (Fsp3) is 0. The summed E-state index contributed by atoms with van der Waals surface area (Å²) >= 11 is 0. The molecule has 7 nitrogen and oxygen atoms in total. The summed E-state index contributed by atoms with van der Waals surface area (Å²) in [5.41, 5.74) is 1.19. The largest absolute Gasteiger partial charge is 0.478 e. The van der Waals surface area contributed by atoms with E-state index in [9.17, 15) is 14.3 Å². The molecule has 4 rings (SSSR count). The summed E-state index contributed by atoms with van der Waals surface area (Å²) in [6.45, 7) is 0. The standard InChI is InChI=1S/C20H13FN4O3/c21-18-16(11-24-25-18)12-5-6-17(15(10-12)20(26)27)28-14-4-1-3-13(9-14)19-22-7-2-8-23-19/h1-11H,(H,24,25)(H,26,27). The van der Waals surface area contributed by atoms with Crippen molar-refractivity contribution >= 4 is 5.97 Å². The van der Waals surface area contributed by atoms with Crippen LogP contribution in [0.4, 0.5) is 4.39 Å². The minimum Gasteiger partial charge on any atom is -0.478 e. The van der Waals surface area contributed by atoms with Crippen LogP contribution in [0.25, 0.3) is 22.5 Å². The molecule has 0 radical (unpaired) electrons. The van der Waals surface area contributed by atoms with Gasteiger partial charge >= 0.3 is 5.97 Å². The second-order valence-corrected chi connectivity index (χ2v) is 5.82. The number of rotatable bonds is 5. The highest BCUT2D eigenvalue weighted by atomic mass is 19.1. The summed E-state index contributed by atoms with van der Waals surface area (Å²) in [6, 6.07) is 13.1. The lowest BCUT2D eigenvalue weighted by atomic mass is 10.0. The van der Waals surface area contributed by atoms with Crippen LogP contribution in [0.5, 0.6) is 11.5 Å². The molecular weight excluding hydrogens is 363 g/mol. The van der Waals surface area contributed by atoms with Crippen molar-refractivity contribution in [3.05, 3.63) is 78.6 Å². The van der Waals surface area contributed by atoms with Gasteiger partial charge in [0.15, 0.2) is 5.82 Å². The van der Waals surface area contributed by atoms with Crippen LogP contribution >= 0.6 is 0 Å². The highest BCUT2D eigenvalue weighted by Gasteiger charge is 2.16. The van der Waals surface area contributed by atoms with Crippen molar-refractivity contribution < 1.29 is 19.0 Å². The third-order valence-corrected chi connectivity index (χ3v) is 4.00. The quantitative estimate of drug-likeness (QED) is 0.542. The van der Waals surface area contributed by atoms with E-state index >= 15 is 0 Å². The molecule has 138 valence electrons. The van der Waals surface area contributed by atoms with Crippen LogP contribution in [-0.4, -0.2) is 31.2 Å². The second-order valence-electron chi connectivity index (χ2n) is 5.82. The van der Waals surface area contributed by atoms with Crippen molar-refractivity contribution in [3.8, 4) is 34.0 Å². The Kier molecular flexibility index (Phi) is 4.51. The molecule has 0 aliphatic heterocycles. The normalized spacial score (nSPS) is 10.6. The van der Waals surface area contributed by atoms with Crippen LogP contribution < -0.4 is 4.74 Å². The number of benzene rings is 2. The fourth-order valence-electron chi connectivity index (χ4n) is 2.70. The molecule has 2 aromatic carbocycles. The molecule has 2 N–H and O–H groups in total. The van der Waals surface area contributed by atoms with Gasteiger partial charge in [0.1, 0.15) is 17.1 Å². The molecule has 0 spiro atoms. The van der Waals surface area contributed by atoms with Crippen LogP contribution in [0.1, 0.15) is 10.4 Å². The van der Waals surface area contributed by atoms with Gasteiger partial charge in [-0.15, -0.1) is 0 Å². The SMILES string of the molecule is O=C(O)c1cc(-c2cn[nH]c2F)ccc1Oc1cccc(-c2ncccn2)c1. The maximum atomic E-state index is 13.7. The number of aromatic amines is 1. The van der Waals surface area contributed by atoms with E-state index in [0.717, 1.165) is 5.56 Å². The number of aromatic carboxylic acids is 1. The fourth-order valence-corrected chi connectivity index (χ4v) is 2.70. The van der Waals surface area contributed by atoms with Crippen LogP contribution in [0.2, 0.25) is 0 Å². The molecule has 4 aromatic rings. The summed E-state index contributed by atoms with van der Waals surface area (Å²) in [6.07, 6.45) is 4.55. The second kappa shape index (κ2) is 7.28. The summed E-state index contributed by atoms with van der Waals surface area (Å²) in [5, 5.41) is 15.3. The minimum absolute atomic E-state index is 0.0977. The molecule has 28 heavy (non-hydrogen) atoms. The maximum Gasteiger partial charge on any atom is 0.339 e. The monoisotopic (exact) mass is 376 g/mol. The molecule has 2 heterocycles. The molecule has 2 aromatic heterocycles. The Morgan fingerprint density at radius 1 is 1.04 bits per heavy atom. The minimum atomic E-state index is -1.19. The van der Waals surface area contributed by atoms with Gasteiger partial charge < -0.3 is 9.84 Å². The lowest BCUT2D eigenvalue weighted by Crippen LogP contribution is -2.01. The van der Waals surface area contributed by atoms with Crippen molar-refractivity contribution in [2.24, 2.45) is 0 Å². The topological polar surface area (TPSA) is 101 Å². The van der Waals surface area contributed by atoms with E-state index in [-0.39, 0.29) is 16.9 Å². The predicted molar refractivity (Wildman–Crippen MR) is 98.5 cm³/mol. The molecule has 0 fully saturated rings. The zero-order valence-corrected chi connectivity index (χ0v) is 14.3. The Morgan fingerprint density at radius 2 is 1.86 bits per heavy atom. The summed E-state index contributed by atoms with van der Waals surface area (Å²) in [4.78, 5) is 20.1. The highest BCUT2D eigenvalue weighted by Crippen LogP contribution is 2.32. The van der Waals surface area contributed by atoms with Gasteiger partial charge in [-0.25, -0.2) is 14.8 Å². The van der Waals surface area contributed by atoms with Gasteiger partial charge in [-0.05, 0) is 35.9 Å². The molecule has 0 aliphatic carbocycles. The number of H-pyrrole nitrogens is 1. The number of aromatic nitrogens is 4. The number of nitrogens with zero attached hydrogens (tertiary/aromatic N) is 3. The number of hydrogen-bond donors (Lipinski definition) is 2. The van der Waals surface area contributed by atoms with E-state index in [1.807, 2.05) is 6.07 Å². The lowest BCUT2D eigenvalue weighted by Gasteiger charge is -2.11. The zero-order valence-electron chi connectivity index (χ0n) is 14.3. The van der Waals surface area contributed by atoms with E-state index in [4.69, 9.17) is 4.74 Å². The number of hydrogen-bond acceptors (Lipinski definition) is 5. The number of carboxylic acid groups (broad SMARTS) is 1. The van der Waals surface area contributed by atoms with E-state index in [1.165, 1.54) is 18.3 Å². The predicted octanol–water partition coefficient (Wildman–Crippen LogP) is 4.16. The average molecular weight is 376 g/mol. The maximum absolute atomic E-state index is 13.7. The van der Waals surface area contributed by atoms with E-state index in [1.54, 1.807) is 42.7 Å². The molecule has 0 amide bonds. The van der Waals surface area contributed by atoms with Crippen LogP contribution in [0.3, 0.4) is 0 Å². The molecule has 0 saturated heterocycles. The third-order valence-electron chi connectivity index (χ3n) is 4.00. The summed E-state index contributed by atoms with van der Waals surface area (Å²) in [5.74, 6) is -0.748. The molecule has 0 saturated carbocycles. The Morgan fingerprint density at radius 3 is 2.57 bits per heavy atom. The smallest absolute Gasteiger partial charge is 0.339 e. The molecular formula is C20H13FN4O3. The van der Waals surface area contributed by atoms with Crippen molar-refractivity contribution in [1.29, 1.82) is 0 Å². The van der Waals surface area contributed by atoms with Crippen LogP contribution in [0, 0.1) is 5.95 Å². The first-order chi connectivity index (χ1) is 13.6. The van der Waals surface area contributed by atoms with E-state index in [2.05, 4.69) is 20.2 Å². The van der Waals surface area contributed by atoms with E-state index in [0.29, 0.717) is 17.1 Å². The highest BCUT2D eigenvalue weighted by molar-refractivity contribution is 5.92. The van der Waals surface area contributed by atoms with Crippen molar-refractivity contribution in [2.45, 2.75) is 0 Å². The molecule has 0 bridgehead atoms. The molecule has 0 atom stereocenters. The van der Waals surface area contributed by atoms with E-state index < -0.39 is 11.9 Å². The van der Waals surface area contributed by atoms with Crippen molar-refractivity contribution in [3.63, 3.8) is 0 Å². The van der Waals surface area contributed by atoms with Crippen LogP contribution in [-0.2, 0) is 0 Å². The average Bonchev–Trinajstić information content (AvgIpc) is 3.15. The van der Waals surface area contributed by atoms with Gasteiger partial charge in [-0.2, -0.15) is 9.49 Å². The number of ether oxygens (including phenoxy) is 1. The van der Waals surface area contributed by atoms with Gasteiger partial charge in [0.25, 0.3) is 0 Å².